The molecular formula is C17H34IN5S2. The minimum Gasteiger partial charge on any atom is -0.356 e. The zero-order valence-corrected chi connectivity index (χ0v) is 19.9. The molecule has 1 unspecified atom stereocenters. The molecule has 0 bridgehead atoms. The van der Waals surface area contributed by atoms with Gasteiger partial charge in [-0.2, -0.15) is 0 Å². The van der Waals surface area contributed by atoms with Crippen LogP contribution in [0.1, 0.15) is 40.0 Å². The summed E-state index contributed by atoms with van der Waals surface area (Å²) < 4.78 is 1.15. The maximum atomic E-state index is 4.32. The Bertz CT molecular complexity index is 438. The zero-order chi connectivity index (χ0) is 17.6. The molecule has 0 aromatic carbocycles. The number of thiazole rings is 1. The molecule has 0 aliphatic rings. The number of hydrogen-bond donors (Lipinski definition) is 2. The lowest BCUT2D eigenvalue weighted by atomic mass is 10.2. The summed E-state index contributed by atoms with van der Waals surface area (Å²) >= 11 is 3.53. The van der Waals surface area contributed by atoms with Crippen molar-refractivity contribution in [3.05, 3.63) is 11.6 Å². The molecule has 0 aliphatic carbocycles. The molecule has 1 rings (SSSR count). The Morgan fingerprint density at radius 3 is 2.72 bits per heavy atom. The van der Waals surface area contributed by atoms with E-state index in [0.717, 1.165) is 48.5 Å². The molecule has 0 spiro atoms. The van der Waals surface area contributed by atoms with Gasteiger partial charge in [-0.1, -0.05) is 25.6 Å². The molecule has 0 aliphatic heterocycles. The molecule has 1 aromatic heterocycles. The highest BCUT2D eigenvalue weighted by molar-refractivity contribution is 14.0. The molecule has 0 radical (unpaired) electrons. The van der Waals surface area contributed by atoms with Crippen LogP contribution in [-0.4, -0.2) is 60.9 Å². The predicted molar refractivity (Wildman–Crippen MR) is 124 cm³/mol. The Labute approximate surface area is 178 Å². The van der Waals surface area contributed by atoms with E-state index in [1.807, 2.05) is 30.4 Å². The van der Waals surface area contributed by atoms with Crippen molar-refractivity contribution >= 4 is 53.0 Å². The van der Waals surface area contributed by atoms with Gasteiger partial charge in [-0.25, -0.2) is 4.98 Å². The molecule has 0 amide bonds. The molecule has 0 saturated carbocycles. The highest BCUT2D eigenvalue weighted by Crippen LogP contribution is 2.20. The summed E-state index contributed by atoms with van der Waals surface area (Å²) in [7, 11) is 1.84. The molecule has 1 heterocycles. The maximum Gasteiger partial charge on any atom is 0.191 e. The lowest BCUT2D eigenvalue weighted by Gasteiger charge is -2.21. The smallest absolute Gasteiger partial charge is 0.191 e. The number of aliphatic imine (C=N–C) groups is 1. The van der Waals surface area contributed by atoms with Crippen LogP contribution in [0.4, 0.5) is 0 Å². The van der Waals surface area contributed by atoms with Crippen molar-refractivity contribution in [1.82, 2.24) is 20.5 Å². The first-order chi connectivity index (χ1) is 11.7. The summed E-state index contributed by atoms with van der Waals surface area (Å²) in [6.07, 6.45) is 5.34. The third kappa shape index (κ3) is 12.0. The number of aromatic nitrogens is 1. The largest absolute Gasteiger partial charge is 0.356 e. The molecule has 0 fully saturated rings. The molecule has 8 heteroatoms. The molecular weight excluding hydrogens is 465 g/mol. The van der Waals surface area contributed by atoms with Gasteiger partial charge < -0.3 is 15.5 Å². The van der Waals surface area contributed by atoms with Crippen LogP contribution in [0.3, 0.4) is 0 Å². The average Bonchev–Trinajstić information content (AvgIpc) is 3.10. The van der Waals surface area contributed by atoms with E-state index in [1.165, 1.54) is 13.0 Å². The van der Waals surface area contributed by atoms with Crippen molar-refractivity contribution in [3.8, 4) is 0 Å². The molecule has 0 saturated heterocycles. The minimum atomic E-state index is 0. The topological polar surface area (TPSA) is 52.5 Å². The fourth-order valence-corrected chi connectivity index (χ4v) is 4.03. The Hall–Kier alpha value is -0.0600. The number of thioether (sulfide) groups is 1. The second-order valence-electron chi connectivity index (χ2n) is 5.71. The first kappa shape index (κ1) is 24.9. The Kier molecular flexibility index (Phi) is 16.1. The molecule has 2 N–H and O–H groups in total. The van der Waals surface area contributed by atoms with E-state index in [2.05, 4.69) is 46.3 Å². The summed E-state index contributed by atoms with van der Waals surface area (Å²) in [5, 5.41) is 8.91. The Morgan fingerprint density at radius 1 is 1.36 bits per heavy atom. The Balaban J connectivity index is 0.00000576. The fraction of sp³-hybridized carbons (Fsp3) is 0.765. The fourth-order valence-electron chi connectivity index (χ4n) is 2.38. The first-order valence-corrected chi connectivity index (χ1v) is 10.8. The third-order valence-corrected chi connectivity index (χ3v) is 5.91. The normalized spacial score (nSPS) is 12.8. The molecule has 25 heavy (non-hydrogen) atoms. The number of guanidine groups is 1. The van der Waals surface area contributed by atoms with Crippen LogP contribution < -0.4 is 10.6 Å². The van der Waals surface area contributed by atoms with Gasteiger partial charge in [0, 0.05) is 37.0 Å². The average molecular weight is 500 g/mol. The van der Waals surface area contributed by atoms with Crippen molar-refractivity contribution in [2.75, 3.05) is 39.0 Å². The van der Waals surface area contributed by atoms with Gasteiger partial charge >= 0.3 is 0 Å². The van der Waals surface area contributed by atoms with Crippen LogP contribution in [0.2, 0.25) is 0 Å². The number of nitrogens with one attached hydrogen (secondary N) is 2. The van der Waals surface area contributed by atoms with Crippen molar-refractivity contribution in [3.63, 3.8) is 0 Å². The van der Waals surface area contributed by atoms with Crippen LogP contribution in [0, 0.1) is 0 Å². The highest BCUT2D eigenvalue weighted by atomic mass is 127. The number of hydrogen-bond acceptors (Lipinski definition) is 5. The van der Waals surface area contributed by atoms with Gasteiger partial charge in [-0.3, -0.25) is 4.99 Å². The third-order valence-electron chi connectivity index (χ3n) is 3.86. The summed E-state index contributed by atoms with van der Waals surface area (Å²) in [5.74, 6) is 1.99. The van der Waals surface area contributed by atoms with E-state index >= 15 is 0 Å². The summed E-state index contributed by atoms with van der Waals surface area (Å²) in [6.45, 7) is 11.1. The van der Waals surface area contributed by atoms with Gasteiger partial charge in [-0.05, 0) is 45.8 Å². The predicted octanol–water partition coefficient (Wildman–Crippen LogP) is 3.92. The lowest BCUT2D eigenvalue weighted by molar-refractivity contribution is 0.292. The summed E-state index contributed by atoms with van der Waals surface area (Å²) in [5.41, 5.74) is 0. The van der Waals surface area contributed by atoms with Gasteiger partial charge in [0.2, 0.25) is 0 Å². The number of nitrogens with zero attached hydrogens (tertiary/aromatic N) is 3. The van der Waals surface area contributed by atoms with Gasteiger partial charge in [-0.15, -0.1) is 35.3 Å². The number of rotatable bonds is 12. The summed E-state index contributed by atoms with van der Waals surface area (Å²) in [6, 6.07) is 0.441. The van der Waals surface area contributed by atoms with Crippen LogP contribution in [0.15, 0.2) is 20.9 Å². The second kappa shape index (κ2) is 16.1. The van der Waals surface area contributed by atoms with E-state index in [9.17, 15) is 0 Å². The standard InChI is InChI=1S/C17H33N5S2.HI/c1-5-22(6-2)12-7-9-15(3)21-16(18-4)19-10-8-13-23-17-20-11-14-24-17;/h11,14-15H,5-10,12-13H2,1-4H3,(H2,18,19,21);1H. The Morgan fingerprint density at radius 2 is 2.12 bits per heavy atom. The van der Waals surface area contributed by atoms with Gasteiger partial charge in [0.25, 0.3) is 0 Å². The van der Waals surface area contributed by atoms with Crippen LogP contribution in [0.25, 0.3) is 0 Å². The van der Waals surface area contributed by atoms with E-state index < -0.39 is 0 Å². The van der Waals surface area contributed by atoms with E-state index in [4.69, 9.17) is 0 Å². The monoisotopic (exact) mass is 499 g/mol. The first-order valence-electron chi connectivity index (χ1n) is 8.91. The zero-order valence-electron chi connectivity index (χ0n) is 16.0. The highest BCUT2D eigenvalue weighted by Gasteiger charge is 2.06. The van der Waals surface area contributed by atoms with Crippen LogP contribution in [-0.2, 0) is 0 Å². The van der Waals surface area contributed by atoms with Crippen molar-refractivity contribution < 1.29 is 0 Å². The summed E-state index contributed by atoms with van der Waals surface area (Å²) in [4.78, 5) is 11.1. The minimum absolute atomic E-state index is 0. The lowest BCUT2D eigenvalue weighted by Crippen LogP contribution is -2.42. The van der Waals surface area contributed by atoms with Crippen molar-refractivity contribution in [1.29, 1.82) is 0 Å². The van der Waals surface area contributed by atoms with Crippen molar-refractivity contribution in [2.24, 2.45) is 4.99 Å². The maximum absolute atomic E-state index is 4.32. The van der Waals surface area contributed by atoms with Gasteiger partial charge in [0.1, 0.15) is 4.34 Å². The van der Waals surface area contributed by atoms with Crippen molar-refractivity contribution in [2.45, 2.75) is 50.4 Å². The molecule has 1 aromatic rings. The molecule has 1 atom stereocenters. The van der Waals surface area contributed by atoms with Gasteiger partial charge in [0.05, 0.1) is 0 Å². The SMILES string of the molecule is CCN(CC)CCCC(C)NC(=NC)NCCCSc1nccs1.I. The second-order valence-corrected chi connectivity index (χ2v) is 7.95. The van der Waals surface area contributed by atoms with E-state index in [0.29, 0.717) is 6.04 Å². The van der Waals surface area contributed by atoms with E-state index in [-0.39, 0.29) is 24.0 Å². The number of halogens is 1. The molecule has 5 nitrogen and oxygen atoms in total. The van der Waals surface area contributed by atoms with Crippen LogP contribution >= 0.6 is 47.1 Å². The van der Waals surface area contributed by atoms with E-state index in [1.54, 1.807) is 11.3 Å². The quantitative estimate of drug-likeness (QED) is 0.150. The molecule has 146 valence electrons. The van der Waals surface area contributed by atoms with Gasteiger partial charge in [0.15, 0.2) is 5.96 Å². The van der Waals surface area contributed by atoms with Crippen LogP contribution in [0.5, 0.6) is 0 Å².